The number of carbonyl (C=O) groups is 1. The Labute approximate surface area is 179 Å². The molecule has 1 aliphatic rings. The fourth-order valence-electron chi connectivity index (χ4n) is 3.76. The Morgan fingerprint density at radius 1 is 1.20 bits per heavy atom. The maximum atomic E-state index is 11.2. The number of hydrogen-bond acceptors (Lipinski definition) is 5. The third-order valence-corrected chi connectivity index (χ3v) is 5.30. The lowest BCUT2D eigenvalue weighted by molar-refractivity contribution is -0.137. The van der Waals surface area contributed by atoms with Gasteiger partial charge in [-0.15, -0.1) is 5.10 Å². The van der Waals surface area contributed by atoms with Gasteiger partial charge in [0, 0.05) is 19.0 Å². The lowest BCUT2D eigenvalue weighted by Gasteiger charge is -2.31. The van der Waals surface area contributed by atoms with Crippen LogP contribution in [0.4, 0.5) is 17.3 Å². The highest BCUT2D eigenvalue weighted by Gasteiger charge is 2.27. The van der Waals surface area contributed by atoms with Crippen LogP contribution in [0.5, 0.6) is 0 Å². The van der Waals surface area contributed by atoms with Crippen LogP contribution < -0.4 is 10.2 Å². The summed E-state index contributed by atoms with van der Waals surface area (Å²) in [6.45, 7) is 12.7. The number of H-pyrrole nitrogens is 1. The molecule has 30 heavy (non-hydrogen) atoms. The molecule has 0 spiro atoms. The normalized spacial score (nSPS) is 14.9. The maximum Gasteiger partial charge on any atom is 0.303 e. The van der Waals surface area contributed by atoms with Crippen molar-refractivity contribution >= 4 is 23.3 Å². The lowest BCUT2D eigenvalue weighted by atomic mass is 9.96. The Kier molecular flexibility index (Phi) is 7.00. The summed E-state index contributed by atoms with van der Waals surface area (Å²) in [4.78, 5) is 18.2. The molecule has 1 heterocycles. The van der Waals surface area contributed by atoms with E-state index in [0.717, 1.165) is 35.9 Å². The Hall–Kier alpha value is -2.57. The fraction of sp³-hybridized carbons (Fsp3) is 0.609. The molecule has 1 aromatic carbocycles. The van der Waals surface area contributed by atoms with Gasteiger partial charge in [-0.2, -0.15) is 4.98 Å². The summed E-state index contributed by atoms with van der Waals surface area (Å²) in [5, 5.41) is 20.0. The Balaban J connectivity index is 1.94. The number of carboxylic acids is 1. The molecule has 0 aliphatic heterocycles. The van der Waals surface area contributed by atoms with Crippen molar-refractivity contribution in [3.05, 3.63) is 29.6 Å². The van der Waals surface area contributed by atoms with Crippen LogP contribution in [0.2, 0.25) is 0 Å². The second-order valence-electron chi connectivity index (χ2n) is 9.41. The molecule has 164 valence electrons. The second-order valence-corrected chi connectivity index (χ2v) is 9.41. The van der Waals surface area contributed by atoms with Gasteiger partial charge in [0.15, 0.2) is 0 Å². The predicted molar refractivity (Wildman–Crippen MR) is 121 cm³/mol. The van der Waals surface area contributed by atoms with Gasteiger partial charge in [-0.3, -0.25) is 9.89 Å². The van der Waals surface area contributed by atoms with E-state index in [4.69, 9.17) is 0 Å². The summed E-state index contributed by atoms with van der Waals surface area (Å²) in [5.41, 5.74) is 3.02. The van der Waals surface area contributed by atoms with E-state index in [0.29, 0.717) is 23.7 Å². The van der Waals surface area contributed by atoms with E-state index in [-0.39, 0.29) is 12.3 Å². The van der Waals surface area contributed by atoms with Crippen LogP contribution in [0.15, 0.2) is 18.2 Å². The number of benzene rings is 1. The summed E-state index contributed by atoms with van der Waals surface area (Å²) < 4.78 is 0. The van der Waals surface area contributed by atoms with E-state index in [1.165, 1.54) is 12.8 Å². The number of aromatic amines is 1. The number of rotatable bonds is 11. The van der Waals surface area contributed by atoms with E-state index in [1.54, 1.807) is 0 Å². The van der Waals surface area contributed by atoms with Crippen LogP contribution in [0.1, 0.15) is 77.1 Å². The van der Waals surface area contributed by atoms with Crippen molar-refractivity contribution in [1.82, 2.24) is 15.2 Å². The summed E-state index contributed by atoms with van der Waals surface area (Å²) in [7, 11) is 0. The Bertz CT molecular complexity index is 847. The predicted octanol–water partition coefficient (Wildman–Crippen LogP) is 5.12. The van der Waals surface area contributed by atoms with Gasteiger partial charge >= 0.3 is 5.97 Å². The van der Waals surface area contributed by atoms with Crippen LogP contribution in [0.3, 0.4) is 0 Å². The minimum absolute atomic E-state index is 0.0742. The molecule has 0 radical (unpaired) electrons. The van der Waals surface area contributed by atoms with Crippen molar-refractivity contribution in [2.45, 2.75) is 65.7 Å². The molecule has 1 unspecified atom stereocenters. The molecule has 1 atom stereocenters. The van der Waals surface area contributed by atoms with Gasteiger partial charge in [0.2, 0.25) is 5.95 Å². The molecule has 2 aromatic rings. The summed E-state index contributed by atoms with van der Waals surface area (Å²) >= 11 is 0. The maximum absolute atomic E-state index is 11.2. The van der Waals surface area contributed by atoms with Gasteiger partial charge < -0.3 is 15.3 Å². The average molecular weight is 414 g/mol. The highest BCUT2D eigenvalue weighted by molar-refractivity contribution is 5.75. The Morgan fingerprint density at radius 2 is 1.87 bits per heavy atom. The summed E-state index contributed by atoms with van der Waals surface area (Å²) in [6, 6.07) is 6.22. The molecule has 3 N–H and O–H groups in total. The molecule has 3 rings (SSSR count). The van der Waals surface area contributed by atoms with Crippen molar-refractivity contribution in [2.75, 3.05) is 23.3 Å². The van der Waals surface area contributed by atoms with E-state index in [9.17, 15) is 9.90 Å². The molecule has 7 nitrogen and oxygen atoms in total. The van der Waals surface area contributed by atoms with E-state index >= 15 is 0 Å². The van der Waals surface area contributed by atoms with E-state index in [2.05, 4.69) is 71.3 Å². The number of carboxylic acid groups (broad SMARTS) is 1. The summed E-state index contributed by atoms with van der Waals surface area (Å²) in [6.07, 6.45) is 2.43. The van der Waals surface area contributed by atoms with Crippen molar-refractivity contribution in [3.8, 4) is 0 Å². The SMILES string of the molecule is CC(C)CN(CC(C)C)c1ccc(C(C)CC(=O)O)cc1Nc1n[nH]c(C2CC2)n1. The molecule has 1 aromatic heterocycles. The fourth-order valence-corrected chi connectivity index (χ4v) is 3.76. The highest BCUT2D eigenvalue weighted by Crippen LogP contribution is 2.39. The first-order valence-corrected chi connectivity index (χ1v) is 11.0. The topological polar surface area (TPSA) is 94.1 Å². The number of anilines is 3. The molecule has 7 heteroatoms. The van der Waals surface area contributed by atoms with Gasteiger partial charge in [-0.25, -0.2) is 0 Å². The number of nitrogens with zero attached hydrogens (tertiary/aromatic N) is 3. The van der Waals surface area contributed by atoms with Crippen LogP contribution in [-0.4, -0.2) is 39.3 Å². The molecule has 1 saturated carbocycles. The zero-order valence-electron chi connectivity index (χ0n) is 18.8. The average Bonchev–Trinajstić information content (AvgIpc) is 3.39. The highest BCUT2D eigenvalue weighted by atomic mass is 16.4. The van der Waals surface area contributed by atoms with Crippen LogP contribution in [0, 0.1) is 11.8 Å². The minimum Gasteiger partial charge on any atom is -0.481 e. The quantitative estimate of drug-likeness (QED) is 0.473. The Morgan fingerprint density at radius 3 is 2.43 bits per heavy atom. The minimum atomic E-state index is -0.787. The van der Waals surface area contributed by atoms with Gasteiger partial charge in [-0.1, -0.05) is 40.7 Å². The standard InChI is InChI=1S/C23H35N5O2/c1-14(2)12-28(13-15(3)4)20-9-8-18(16(5)10-21(29)30)11-19(20)24-23-25-22(26-27-23)17-6-7-17/h8-9,11,14-17H,6-7,10,12-13H2,1-5H3,(H,29,30)(H2,24,25,26,27). The van der Waals surface area contributed by atoms with E-state index < -0.39 is 5.97 Å². The lowest BCUT2D eigenvalue weighted by Crippen LogP contribution is -2.31. The molecule has 1 fully saturated rings. The van der Waals surface area contributed by atoms with Crippen molar-refractivity contribution in [1.29, 1.82) is 0 Å². The third kappa shape index (κ3) is 5.97. The first-order valence-electron chi connectivity index (χ1n) is 11.0. The number of nitrogens with one attached hydrogen (secondary N) is 2. The largest absolute Gasteiger partial charge is 0.481 e. The zero-order valence-corrected chi connectivity index (χ0v) is 18.8. The molecular weight excluding hydrogens is 378 g/mol. The monoisotopic (exact) mass is 413 g/mol. The molecule has 0 bridgehead atoms. The van der Waals surface area contributed by atoms with Crippen molar-refractivity contribution in [2.24, 2.45) is 11.8 Å². The van der Waals surface area contributed by atoms with Gasteiger partial charge in [0.25, 0.3) is 0 Å². The molecular formula is C23H35N5O2. The number of aromatic nitrogens is 3. The smallest absolute Gasteiger partial charge is 0.303 e. The van der Waals surface area contributed by atoms with E-state index in [1.807, 2.05) is 6.92 Å². The van der Waals surface area contributed by atoms with Crippen molar-refractivity contribution in [3.63, 3.8) is 0 Å². The van der Waals surface area contributed by atoms with Crippen molar-refractivity contribution < 1.29 is 9.90 Å². The number of hydrogen-bond donors (Lipinski definition) is 3. The second kappa shape index (κ2) is 9.49. The third-order valence-electron chi connectivity index (χ3n) is 5.30. The van der Waals surface area contributed by atoms with Gasteiger partial charge in [-0.05, 0) is 48.3 Å². The number of aliphatic carboxylic acids is 1. The van der Waals surface area contributed by atoms with Crippen LogP contribution >= 0.6 is 0 Å². The molecule has 0 amide bonds. The van der Waals surface area contributed by atoms with Crippen LogP contribution in [0.25, 0.3) is 0 Å². The first-order chi connectivity index (χ1) is 14.2. The van der Waals surface area contributed by atoms with Crippen LogP contribution in [-0.2, 0) is 4.79 Å². The van der Waals surface area contributed by atoms with Gasteiger partial charge in [0.1, 0.15) is 5.82 Å². The molecule has 1 aliphatic carbocycles. The zero-order chi connectivity index (χ0) is 21.8. The first kappa shape index (κ1) is 22.1. The molecule has 0 saturated heterocycles. The van der Waals surface area contributed by atoms with Gasteiger partial charge in [0.05, 0.1) is 17.8 Å². The summed E-state index contributed by atoms with van der Waals surface area (Å²) in [5.74, 6) is 2.19.